The highest BCUT2D eigenvalue weighted by molar-refractivity contribution is 6.30. The molecule has 4 heteroatoms. The maximum absolute atomic E-state index is 11.2. The molecule has 0 spiro atoms. The lowest BCUT2D eigenvalue weighted by Crippen LogP contribution is -1.98. The molecule has 0 unspecified atom stereocenters. The molecule has 0 aliphatic heterocycles. The molecular weight excluding hydrogens is 252 g/mol. The van der Waals surface area contributed by atoms with Crippen LogP contribution in [0, 0.1) is 0 Å². The highest BCUT2D eigenvalue weighted by atomic mass is 35.5. The Morgan fingerprint density at radius 2 is 1.89 bits per heavy atom. The summed E-state index contributed by atoms with van der Waals surface area (Å²) in [5.41, 5.74) is 0.523. The minimum atomic E-state index is -0.440. The first-order valence-corrected chi connectivity index (χ1v) is 5.68. The highest BCUT2D eigenvalue weighted by Gasteiger charge is 1.98. The van der Waals surface area contributed by atoms with Crippen LogP contribution < -0.4 is 10.4 Å². The third kappa shape index (κ3) is 3.25. The monoisotopic (exact) mass is 262 g/mol. The summed E-state index contributed by atoms with van der Waals surface area (Å²) in [7, 11) is 1.50. The van der Waals surface area contributed by atoms with E-state index in [1.807, 2.05) is 18.2 Å². The molecule has 0 amide bonds. The molecule has 0 atom stereocenters. The molecule has 0 N–H and O–H groups in total. The Kier molecular flexibility index (Phi) is 3.85. The van der Waals surface area contributed by atoms with Gasteiger partial charge >= 0.3 is 5.63 Å². The minimum absolute atomic E-state index is 0.439. The molecule has 3 nitrogen and oxygen atoms in total. The van der Waals surface area contributed by atoms with Crippen molar-refractivity contribution in [2.75, 3.05) is 7.11 Å². The zero-order valence-corrected chi connectivity index (χ0v) is 10.5. The largest absolute Gasteiger partial charge is 0.496 e. The van der Waals surface area contributed by atoms with Gasteiger partial charge in [0.2, 0.25) is 0 Å². The number of ether oxygens (including phenoxy) is 1. The molecule has 2 rings (SSSR count). The van der Waals surface area contributed by atoms with E-state index >= 15 is 0 Å². The first kappa shape index (κ1) is 12.5. The van der Waals surface area contributed by atoms with Crippen LogP contribution in [0.25, 0.3) is 12.2 Å². The Bertz CT molecular complexity index is 612. The fourth-order valence-corrected chi connectivity index (χ4v) is 1.55. The van der Waals surface area contributed by atoms with Gasteiger partial charge in [0.1, 0.15) is 11.5 Å². The van der Waals surface area contributed by atoms with Gasteiger partial charge in [0.25, 0.3) is 0 Å². The van der Waals surface area contributed by atoms with E-state index in [0.717, 1.165) is 5.56 Å². The van der Waals surface area contributed by atoms with E-state index in [-0.39, 0.29) is 0 Å². The Morgan fingerprint density at radius 3 is 2.56 bits per heavy atom. The van der Waals surface area contributed by atoms with E-state index in [4.69, 9.17) is 20.8 Å². The molecule has 0 bridgehead atoms. The van der Waals surface area contributed by atoms with Gasteiger partial charge in [-0.1, -0.05) is 29.8 Å². The van der Waals surface area contributed by atoms with Gasteiger partial charge in [-0.2, -0.15) is 0 Å². The van der Waals surface area contributed by atoms with Gasteiger partial charge in [0.05, 0.1) is 13.2 Å². The summed E-state index contributed by atoms with van der Waals surface area (Å²) in [4.78, 5) is 11.2. The third-order valence-electron chi connectivity index (χ3n) is 2.31. The fraction of sp³-hybridized carbons (Fsp3) is 0.0714. The van der Waals surface area contributed by atoms with Crippen LogP contribution in [0.2, 0.25) is 5.02 Å². The lowest BCUT2D eigenvalue weighted by atomic mass is 10.2. The Hall–Kier alpha value is -2.00. The van der Waals surface area contributed by atoms with Crippen LogP contribution in [0.5, 0.6) is 5.75 Å². The summed E-state index contributed by atoms with van der Waals surface area (Å²) < 4.78 is 10.0. The van der Waals surface area contributed by atoms with Crippen LogP contribution in [0.15, 0.2) is 45.6 Å². The summed E-state index contributed by atoms with van der Waals surface area (Å²) in [6.07, 6.45) is 3.53. The molecule has 0 saturated carbocycles. The van der Waals surface area contributed by atoms with Gasteiger partial charge in [0.15, 0.2) is 0 Å². The molecule has 1 aromatic carbocycles. The second-order valence-electron chi connectivity index (χ2n) is 3.60. The van der Waals surface area contributed by atoms with Crippen molar-refractivity contribution >= 4 is 23.8 Å². The summed E-state index contributed by atoms with van der Waals surface area (Å²) in [6, 6.07) is 10.3. The van der Waals surface area contributed by atoms with Gasteiger partial charge < -0.3 is 9.15 Å². The van der Waals surface area contributed by atoms with Crippen LogP contribution >= 0.6 is 11.6 Å². The second kappa shape index (κ2) is 5.56. The number of hydrogen-bond acceptors (Lipinski definition) is 3. The number of halogens is 1. The number of rotatable bonds is 3. The van der Waals surface area contributed by atoms with Gasteiger partial charge in [0, 0.05) is 11.1 Å². The van der Waals surface area contributed by atoms with E-state index in [2.05, 4.69) is 0 Å². The highest BCUT2D eigenvalue weighted by Crippen LogP contribution is 2.14. The van der Waals surface area contributed by atoms with Crippen molar-refractivity contribution in [2.45, 2.75) is 0 Å². The molecule has 1 aromatic heterocycles. The van der Waals surface area contributed by atoms with E-state index in [1.165, 1.54) is 13.2 Å². The van der Waals surface area contributed by atoms with E-state index < -0.39 is 5.63 Å². The quantitative estimate of drug-likeness (QED) is 0.850. The molecule has 1 heterocycles. The van der Waals surface area contributed by atoms with Crippen LogP contribution in [0.4, 0.5) is 0 Å². The normalized spacial score (nSPS) is 10.8. The van der Waals surface area contributed by atoms with Crippen LogP contribution in [-0.4, -0.2) is 7.11 Å². The first-order chi connectivity index (χ1) is 8.67. The average molecular weight is 263 g/mol. The third-order valence-corrected chi connectivity index (χ3v) is 2.56. The van der Waals surface area contributed by atoms with E-state index in [9.17, 15) is 4.79 Å². The summed E-state index contributed by atoms with van der Waals surface area (Å²) in [5.74, 6) is 0.913. The van der Waals surface area contributed by atoms with Gasteiger partial charge in [-0.05, 0) is 23.8 Å². The topological polar surface area (TPSA) is 39.4 Å². The standard InChI is InChI=1S/C14H11ClO3/c1-17-13-8-12(18-14(16)9-13)7-4-10-2-5-11(15)6-3-10/h2-9H,1H3/b7-4+. The van der Waals surface area contributed by atoms with Crippen molar-refractivity contribution in [2.24, 2.45) is 0 Å². The van der Waals surface area contributed by atoms with Crippen LogP contribution in [0.1, 0.15) is 11.3 Å². The molecule has 0 fully saturated rings. The van der Waals surface area contributed by atoms with Crippen molar-refractivity contribution in [1.29, 1.82) is 0 Å². The van der Waals surface area contributed by atoms with Crippen molar-refractivity contribution < 1.29 is 9.15 Å². The van der Waals surface area contributed by atoms with Crippen LogP contribution in [-0.2, 0) is 0 Å². The first-order valence-electron chi connectivity index (χ1n) is 5.30. The second-order valence-corrected chi connectivity index (χ2v) is 4.04. The lowest BCUT2D eigenvalue weighted by molar-refractivity contribution is 0.400. The maximum atomic E-state index is 11.2. The molecule has 0 radical (unpaired) electrons. The molecule has 0 aliphatic rings. The summed E-state index contributed by atoms with van der Waals surface area (Å²) in [5, 5.41) is 0.681. The number of methoxy groups -OCH3 is 1. The average Bonchev–Trinajstić information content (AvgIpc) is 2.37. The summed E-state index contributed by atoms with van der Waals surface area (Å²) >= 11 is 5.79. The van der Waals surface area contributed by atoms with Crippen molar-refractivity contribution in [3.8, 4) is 5.75 Å². The van der Waals surface area contributed by atoms with E-state index in [0.29, 0.717) is 16.5 Å². The molecule has 0 aliphatic carbocycles. The molecule has 2 aromatic rings. The lowest BCUT2D eigenvalue weighted by Gasteiger charge is -1.99. The molecule has 92 valence electrons. The molecule has 0 saturated heterocycles. The zero-order chi connectivity index (χ0) is 13.0. The SMILES string of the molecule is COc1cc(/C=C/c2ccc(Cl)cc2)oc(=O)c1. The number of hydrogen-bond donors (Lipinski definition) is 0. The van der Waals surface area contributed by atoms with Crippen molar-refractivity contribution in [1.82, 2.24) is 0 Å². The maximum Gasteiger partial charge on any atom is 0.339 e. The van der Waals surface area contributed by atoms with Gasteiger partial charge in [-0.15, -0.1) is 0 Å². The van der Waals surface area contributed by atoms with Gasteiger partial charge in [-0.3, -0.25) is 0 Å². The fourth-order valence-electron chi connectivity index (χ4n) is 1.43. The minimum Gasteiger partial charge on any atom is -0.496 e. The van der Waals surface area contributed by atoms with Gasteiger partial charge in [-0.25, -0.2) is 4.79 Å². The van der Waals surface area contributed by atoms with E-state index in [1.54, 1.807) is 24.3 Å². The Morgan fingerprint density at radius 1 is 1.17 bits per heavy atom. The number of benzene rings is 1. The molecular formula is C14H11ClO3. The van der Waals surface area contributed by atoms with Crippen LogP contribution in [0.3, 0.4) is 0 Å². The zero-order valence-electron chi connectivity index (χ0n) is 9.72. The molecule has 18 heavy (non-hydrogen) atoms. The predicted octanol–water partition coefficient (Wildman–Crippen LogP) is 3.47. The summed E-state index contributed by atoms with van der Waals surface area (Å²) in [6.45, 7) is 0. The van der Waals surface area contributed by atoms with Crippen molar-refractivity contribution in [3.63, 3.8) is 0 Å². The predicted molar refractivity (Wildman–Crippen MR) is 71.9 cm³/mol. The Balaban J connectivity index is 2.25. The van der Waals surface area contributed by atoms with Crippen molar-refractivity contribution in [3.05, 3.63) is 63.2 Å². The smallest absolute Gasteiger partial charge is 0.339 e. The Labute approximate surface area is 109 Å².